The van der Waals surface area contributed by atoms with Gasteiger partial charge >= 0.3 is 5.97 Å². The van der Waals surface area contributed by atoms with Crippen molar-refractivity contribution in [1.82, 2.24) is 0 Å². The maximum absolute atomic E-state index is 11.8. The predicted molar refractivity (Wildman–Crippen MR) is 82.8 cm³/mol. The van der Waals surface area contributed by atoms with Gasteiger partial charge in [-0.1, -0.05) is 0 Å². The van der Waals surface area contributed by atoms with Crippen molar-refractivity contribution in [3.05, 3.63) is 67.5 Å². The highest BCUT2D eigenvalue weighted by Crippen LogP contribution is 2.23. The van der Waals surface area contributed by atoms with E-state index in [4.69, 9.17) is 4.74 Å². The van der Waals surface area contributed by atoms with Crippen LogP contribution in [0, 0.1) is 17.0 Å². The van der Waals surface area contributed by atoms with Gasteiger partial charge in [-0.15, -0.1) is 0 Å². The van der Waals surface area contributed by atoms with Gasteiger partial charge in [0.15, 0.2) is 5.70 Å². The average molecular weight is 314 g/mol. The lowest BCUT2D eigenvalue weighted by Gasteiger charge is -2.01. The number of nitro benzene ring substituents is 1. The quantitative estimate of drug-likeness (QED) is 0.377. The van der Waals surface area contributed by atoms with Gasteiger partial charge in [0.2, 0.25) is 5.90 Å². The molecule has 0 unspecified atom stereocenters. The van der Waals surface area contributed by atoms with Gasteiger partial charge in [-0.2, -0.15) is 11.3 Å². The molecule has 1 aromatic carbocycles. The van der Waals surface area contributed by atoms with E-state index in [9.17, 15) is 14.9 Å². The van der Waals surface area contributed by atoms with Gasteiger partial charge in [0, 0.05) is 17.2 Å². The van der Waals surface area contributed by atoms with Crippen molar-refractivity contribution >= 4 is 35.0 Å². The first kappa shape index (κ1) is 14.2. The third kappa shape index (κ3) is 2.66. The Bertz CT molecular complexity index is 822. The predicted octanol–water partition coefficient (Wildman–Crippen LogP) is 3.31. The molecule has 0 saturated carbocycles. The number of aliphatic imine (C=N–C) groups is 1. The first-order valence-corrected chi connectivity index (χ1v) is 7.29. The van der Waals surface area contributed by atoms with Crippen LogP contribution >= 0.6 is 11.3 Å². The molecule has 0 aliphatic carbocycles. The SMILES string of the molecule is Cc1cc(C2=N/C(=C\c3ccsc3)C(=O)O2)ccc1[N+](=O)[O-]. The van der Waals surface area contributed by atoms with E-state index in [0.29, 0.717) is 11.1 Å². The minimum Gasteiger partial charge on any atom is -0.402 e. The number of thiophene rings is 1. The number of carbonyl (C=O) groups excluding carboxylic acids is 1. The van der Waals surface area contributed by atoms with Crippen LogP contribution in [0.3, 0.4) is 0 Å². The summed E-state index contributed by atoms with van der Waals surface area (Å²) in [6, 6.07) is 6.35. The van der Waals surface area contributed by atoms with Crippen molar-refractivity contribution < 1.29 is 14.5 Å². The highest BCUT2D eigenvalue weighted by Gasteiger charge is 2.25. The Morgan fingerprint density at radius 3 is 2.82 bits per heavy atom. The number of benzene rings is 1. The zero-order valence-corrected chi connectivity index (χ0v) is 12.3. The van der Waals surface area contributed by atoms with Gasteiger partial charge in [0.05, 0.1) is 4.92 Å². The molecule has 7 heteroatoms. The number of hydrogen-bond donors (Lipinski definition) is 0. The second-order valence-electron chi connectivity index (χ2n) is 4.65. The number of carbonyl (C=O) groups is 1. The molecule has 1 aromatic heterocycles. The molecule has 1 aliphatic rings. The molecule has 110 valence electrons. The summed E-state index contributed by atoms with van der Waals surface area (Å²) in [6.07, 6.45) is 1.64. The zero-order valence-electron chi connectivity index (χ0n) is 11.5. The third-order valence-electron chi connectivity index (χ3n) is 3.11. The van der Waals surface area contributed by atoms with Crippen molar-refractivity contribution in [2.24, 2.45) is 4.99 Å². The molecule has 0 amide bonds. The number of ether oxygens (including phenoxy) is 1. The molecule has 0 fully saturated rings. The Labute approximate surface area is 129 Å². The lowest BCUT2D eigenvalue weighted by atomic mass is 10.1. The third-order valence-corrected chi connectivity index (χ3v) is 3.81. The van der Waals surface area contributed by atoms with Crippen molar-refractivity contribution in [1.29, 1.82) is 0 Å². The number of aryl methyl sites for hydroxylation is 1. The zero-order chi connectivity index (χ0) is 15.7. The topological polar surface area (TPSA) is 81.8 Å². The fraction of sp³-hybridized carbons (Fsp3) is 0.0667. The van der Waals surface area contributed by atoms with Crippen LogP contribution < -0.4 is 0 Å². The van der Waals surface area contributed by atoms with E-state index in [2.05, 4.69) is 4.99 Å². The van der Waals surface area contributed by atoms with E-state index < -0.39 is 10.9 Å². The molecular weight excluding hydrogens is 304 g/mol. The largest absolute Gasteiger partial charge is 0.402 e. The summed E-state index contributed by atoms with van der Waals surface area (Å²) in [5.41, 5.74) is 2.12. The molecule has 2 aromatic rings. The number of rotatable bonds is 3. The first-order valence-electron chi connectivity index (χ1n) is 6.35. The molecule has 22 heavy (non-hydrogen) atoms. The van der Waals surface area contributed by atoms with E-state index in [0.717, 1.165) is 5.56 Å². The number of cyclic esters (lactones) is 1. The van der Waals surface area contributed by atoms with Gasteiger partial charge in [0.1, 0.15) is 0 Å². The summed E-state index contributed by atoms with van der Waals surface area (Å²) < 4.78 is 5.14. The Morgan fingerprint density at radius 2 is 2.18 bits per heavy atom. The smallest absolute Gasteiger partial charge is 0.363 e. The number of nitrogens with zero attached hydrogens (tertiary/aromatic N) is 2. The summed E-state index contributed by atoms with van der Waals surface area (Å²) in [5, 5.41) is 14.6. The van der Waals surface area contributed by atoms with Gasteiger partial charge in [-0.25, -0.2) is 9.79 Å². The summed E-state index contributed by atoms with van der Waals surface area (Å²) in [7, 11) is 0. The Morgan fingerprint density at radius 1 is 1.36 bits per heavy atom. The van der Waals surface area contributed by atoms with E-state index in [1.54, 1.807) is 19.1 Å². The minimum atomic E-state index is -0.530. The number of nitro groups is 1. The number of esters is 1. The highest BCUT2D eigenvalue weighted by atomic mass is 32.1. The maximum Gasteiger partial charge on any atom is 0.363 e. The maximum atomic E-state index is 11.8. The van der Waals surface area contributed by atoms with Crippen LogP contribution in [0.1, 0.15) is 16.7 Å². The normalized spacial score (nSPS) is 15.8. The summed E-state index contributed by atoms with van der Waals surface area (Å²) in [4.78, 5) is 26.4. The molecule has 3 rings (SSSR count). The standard InChI is InChI=1S/C15H10N2O4S/c1-9-6-11(2-3-13(9)17(19)20)14-16-12(15(18)21-14)7-10-4-5-22-8-10/h2-8H,1H3/b12-7-. The molecule has 0 spiro atoms. The van der Waals surface area contributed by atoms with Crippen LogP contribution in [-0.4, -0.2) is 16.8 Å². The second kappa shape index (κ2) is 5.53. The van der Waals surface area contributed by atoms with E-state index >= 15 is 0 Å². The minimum absolute atomic E-state index is 0.0164. The molecule has 0 saturated heterocycles. The molecule has 0 radical (unpaired) electrons. The van der Waals surface area contributed by atoms with Crippen LogP contribution in [0.25, 0.3) is 6.08 Å². The van der Waals surface area contributed by atoms with Crippen LogP contribution in [0.4, 0.5) is 5.69 Å². The first-order chi connectivity index (χ1) is 10.5. The van der Waals surface area contributed by atoms with E-state index in [1.807, 2.05) is 16.8 Å². The number of hydrogen-bond acceptors (Lipinski definition) is 6. The average Bonchev–Trinajstić information content (AvgIpc) is 3.09. The van der Waals surface area contributed by atoms with Gasteiger partial charge in [-0.05, 0) is 47.5 Å². The molecule has 1 aliphatic heterocycles. The lowest BCUT2D eigenvalue weighted by Crippen LogP contribution is -2.06. The lowest BCUT2D eigenvalue weighted by molar-refractivity contribution is -0.385. The van der Waals surface area contributed by atoms with Gasteiger partial charge in [-0.3, -0.25) is 10.1 Å². The highest BCUT2D eigenvalue weighted by molar-refractivity contribution is 7.08. The fourth-order valence-electron chi connectivity index (χ4n) is 2.04. The summed E-state index contributed by atoms with van der Waals surface area (Å²) >= 11 is 1.52. The molecule has 6 nitrogen and oxygen atoms in total. The molecule has 0 bridgehead atoms. The van der Waals surface area contributed by atoms with Crippen LogP contribution in [-0.2, 0) is 9.53 Å². The Balaban J connectivity index is 1.94. The van der Waals surface area contributed by atoms with Crippen molar-refractivity contribution in [2.75, 3.05) is 0 Å². The Hall–Kier alpha value is -2.80. The second-order valence-corrected chi connectivity index (χ2v) is 5.43. The molecule has 2 heterocycles. The molecular formula is C15H10N2O4S. The monoisotopic (exact) mass is 314 g/mol. The van der Waals surface area contributed by atoms with E-state index in [1.165, 1.54) is 23.5 Å². The Kier molecular flexibility index (Phi) is 3.56. The van der Waals surface area contributed by atoms with Crippen molar-refractivity contribution in [3.8, 4) is 0 Å². The van der Waals surface area contributed by atoms with Gasteiger partial charge in [0.25, 0.3) is 5.69 Å². The summed E-state index contributed by atoms with van der Waals surface area (Å²) in [6.45, 7) is 1.63. The van der Waals surface area contributed by atoms with Crippen molar-refractivity contribution in [2.45, 2.75) is 6.92 Å². The fourth-order valence-corrected chi connectivity index (χ4v) is 2.66. The van der Waals surface area contributed by atoms with Crippen LogP contribution in [0.5, 0.6) is 0 Å². The summed E-state index contributed by atoms with van der Waals surface area (Å²) in [5.74, 6) is -0.373. The van der Waals surface area contributed by atoms with Crippen LogP contribution in [0.15, 0.2) is 45.7 Å². The molecule has 0 N–H and O–H groups in total. The van der Waals surface area contributed by atoms with Gasteiger partial charge < -0.3 is 4.74 Å². The van der Waals surface area contributed by atoms with E-state index in [-0.39, 0.29) is 17.3 Å². The van der Waals surface area contributed by atoms with Crippen LogP contribution in [0.2, 0.25) is 0 Å². The molecule has 0 atom stereocenters. The van der Waals surface area contributed by atoms with Crippen molar-refractivity contribution in [3.63, 3.8) is 0 Å².